The van der Waals surface area contributed by atoms with E-state index < -0.39 is 5.97 Å². The van der Waals surface area contributed by atoms with Crippen LogP contribution in [0.1, 0.15) is 28.1 Å². The molecule has 0 aliphatic rings. The molecular weight excluding hydrogens is 262 g/mol. The van der Waals surface area contributed by atoms with Crippen molar-refractivity contribution in [3.63, 3.8) is 0 Å². The van der Waals surface area contributed by atoms with Gasteiger partial charge in [-0.25, -0.2) is 9.78 Å². The van der Waals surface area contributed by atoms with Gasteiger partial charge in [-0.05, 0) is 18.7 Å². The molecule has 0 aliphatic carbocycles. The number of carbonyl (C=O) groups is 1. The molecule has 0 saturated carbocycles. The molecule has 0 aliphatic heterocycles. The van der Waals surface area contributed by atoms with Crippen molar-refractivity contribution in [1.29, 1.82) is 0 Å². The first-order valence-corrected chi connectivity index (χ1v) is 6.87. The number of aromatic carboxylic acids is 1. The van der Waals surface area contributed by atoms with Crippen LogP contribution in [0.15, 0.2) is 29.8 Å². The van der Waals surface area contributed by atoms with Crippen molar-refractivity contribution in [3.8, 4) is 0 Å². The standard InChI is InChI=1S/C13H15N3O2S/c1-2-16(7-10-5-3-4-6-14-10)8-11-9-19-12(15-11)13(17)18/h3-6,9H,2,7-8H2,1H3,(H,17,18). The van der Waals surface area contributed by atoms with Crippen LogP contribution in [0.4, 0.5) is 0 Å². The average Bonchev–Trinajstić information content (AvgIpc) is 2.88. The lowest BCUT2D eigenvalue weighted by atomic mass is 10.3. The molecule has 0 bridgehead atoms. The molecule has 0 fully saturated rings. The van der Waals surface area contributed by atoms with Crippen molar-refractivity contribution in [3.05, 3.63) is 46.2 Å². The Morgan fingerprint density at radius 3 is 2.74 bits per heavy atom. The summed E-state index contributed by atoms with van der Waals surface area (Å²) in [7, 11) is 0. The SMILES string of the molecule is CCN(Cc1ccccn1)Cc1csc(C(=O)O)n1. The van der Waals surface area contributed by atoms with Crippen molar-refractivity contribution >= 4 is 17.3 Å². The highest BCUT2D eigenvalue weighted by Crippen LogP contribution is 2.13. The van der Waals surface area contributed by atoms with Crippen LogP contribution in [0.2, 0.25) is 0 Å². The maximum absolute atomic E-state index is 10.8. The number of hydrogen-bond acceptors (Lipinski definition) is 5. The highest BCUT2D eigenvalue weighted by atomic mass is 32.1. The summed E-state index contributed by atoms with van der Waals surface area (Å²) in [6.45, 7) is 4.29. The Morgan fingerprint density at radius 2 is 2.16 bits per heavy atom. The van der Waals surface area contributed by atoms with Gasteiger partial charge in [0.1, 0.15) is 0 Å². The normalized spacial score (nSPS) is 10.8. The fourth-order valence-corrected chi connectivity index (χ4v) is 2.35. The second kappa shape index (κ2) is 6.40. The summed E-state index contributed by atoms with van der Waals surface area (Å²) >= 11 is 1.16. The fraction of sp³-hybridized carbons (Fsp3) is 0.308. The molecule has 19 heavy (non-hydrogen) atoms. The summed E-state index contributed by atoms with van der Waals surface area (Å²) in [6, 6.07) is 5.83. The van der Waals surface area contributed by atoms with E-state index in [-0.39, 0.29) is 5.01 Å². The lowest BCUT2D eigenvalue weighted by Gasteiger charge is -2.18. The highest BCUT2D eigenvalue weighted by molar-refractivity contribution is 7.11. The second-order valence-corrected chi connectivity index (χ2v) is 4.93. The third-order valence-corrected chi connectivity index (χ3v) is 3.56. The van der Waals surface area contributed by atoms with Crippen LogP contribution in [0.25, 0.3) is 0 Å². The molecule has 0 amide bonds. The zero-order valence-electron chi connectivity index (χ0n) is 10.6. The molecule has 6 heteroatoms. The molecule has 2 aromatic rings. The maximum Gasteiger partial charge on any atom is 0.365 e. The largest absolute Gasteiger partial charge is 0.476 e. The van der Waals surface area contributed by atoms with E-state index >= 15 is 0 Å². The van der Waals surface area contributed by atoms with Gasteiger partial charge in [0.15, 0.2) is 0 Å². The van der Waals surface area contributed by atoms with E-state index in [2.05, 4.69) is 21.8 Å². The Hall–Kier alpha value is -1.79. The van der Waals surface area contributed by atoms with Gasteiger partial charge < -0.3 is 5.11 Å². The van der Waals surface area contributed by atoms with Gasteiger partial charge >= 0.3 is 5.97 Å². The van der Waals surface area contributed by atoms with E-state index in [1.807, 2.05) is 18.2 Å². The summed E-state index contributed by atoms with van der Waals surface area (Å²) < 4.78 is 0. The topological polar surface area (TPSA) is 66.3 Å². The van der Waals surface area contributed by atoms with Crippen molar-refractivity contribution in [2.75, 3.05) is 6.54 Å². The second-order valence-electron chi connectivity index (χ2n) is 4.07. The number of nitrogens with zero attached hydrogens (tertiary/aromatic N) is 3. The number of thiazole rings is 1. The quantitative estimate of drug-likeness (QED) is 0.877. The Labute approximate surface area is 115 Å². The van der Waals surface area contributed by atoms with Crippen LogP contribution in [-0.4, -0.2) is 32.5 Å². The van der Waals surface area contributed by atoms with Crippen LogP contribution in [0.3, 0.4) is 0 Å². The van der Waals surface area contributed by atoms with Crippen molar-refractivity contribution in [2.45, 2.75) is 20.0 Å². The molecule has 1 N–H and O–H groups in total. The minimum atomic E-state index is -0.968. The average molecular weight is 277 g/mol. The maximum atomic E-state index is 10.8. The monoisotopic (exact) mass is 277 g/mol. The third kappa shape index (κ3) is 3.84. The molecular formula is C13H15N3O2S. The molecule has 0 saturated heterocycles. The van der Waals surface area contributed by atoms with E-state index in [9.17, 15) is 4.79 Å². The molecule has 0 spiro atoms. The fourth-order valence-electron chi connectivity index (χ4n) is 1.71. The Kier molecular flexibility index (Phi) is 4.59. The molecule has 2 heterocycles. The molecule has 0 aromatic carbocycles. The van der Waals surface area contributed by atoms with Crippen LogP contribution in [0.5, 0.6) is 0 Å². The first-order chi connectivity index (χ1) is 9.19. The smallest absolute Gasteiger partial charge is 0.365 e. The van der Waals surface area contributed by atoms with Gasteiger partial charge in [0.2, 0.25) is 5.01 Å². The van der Waals surface area contributed by atoms with Gasteiger partial charge in [0.25, 0.3) is 0 Å². The lowest BCUT2D eigenvalue weighted by Crippen LogP contribution is -2.23. The minimum Gasteiger partial charge on any atom is -0.476 e. The Bertz CT molecular complexity index is 542. The van der Waals surface area contributed by atoms with Crippen LogP contribution >= 0.6 is 11.3 Å². The first-order valence-electron chi connectivity index (χ1n) is 5.99. The summed E-state index contributed by atoms with van der Waals surface area (Å²) in [6.07, 6.45) is 1.77. The van der Waals surface area contributed by atoms with Crippen LogP contribution < -0.4 is 0 Å². The van der Waals surface area contributed by atoms with E-state index in [1.54, 1.807) is 11.6 Å². The third-order valence-electron chi connectivity index (χ3n) is 2.68. The molecule has 0 atom stereocenters. The van der Waals surface area contributed by atoms with Crippen LogP contribution in [0, 0.1) is 0 Å². The lowest BCUT2D eigenvalue weighted by molar-refractivity contribution is 0.0696. The highest BCUT2D eigenvalue weighted by Gasteiger charge is 2.12. The Morgan fingerprint density at radius 1 is 1.37 bits per heavy atom. The number of aromatic nitrogens is 2. The van der Waals surface area contributed by atoms with E-state index in [4.69, 9.17) is 5.11 Å². The minimum absolute atomic E-state index is 0.142. The van der Waals surface area contributed by atoms with Gasteiger partial charge in [-0.15, -0.1) is 11.3 Å². The zero-order chi connectivity index (χ0) is 13.7. The van der Waals surface area contributed by atoms with Gasteiger partial charge in [-0.1, -0.05) is 13.0 Å². The van der Waals surface area contributed by atoms with E-state index in [0.717, 1.165) is 35.8 Å². The molecule has 5 nitrogen and oxygen atoms in total. The number of pyridine rings is 1. The van der Waals surface area contributed by atoms with Gasteiger partial charge in [-0.2, -0.15) is 0 Å². The predicted molar refractivity (Wildman–Crippen MR) is 73.1 cm³/mol. The summed E-state index contributed by atoms with van der Waals surface area (Å²) in [5, 5.41) is 10.8. The molecule has 2 rings (SSSR count). The molecule has 0 radical (unpaired) electrons. The van der Waals surface area contributed by atoms with Crippen molar-refractivity contribution < 1.29 is 9.90 Å². The van der Waals surface area contributed by atoms with Crippen molar-refractivity contribution in [2.24, 2.45) is 0 Å². The number of rotatable bonds is 6. The molecule has 2 aromatic heterocycles. The molecule has 0 unspecified atom stereocenters. The van der Waals surface area contributed by atoms with Crippen LogP contribution in [-0.2, 0) is 13.1 Å². The van der Waals surface area contributed by atoms with Gasteiger partial charge in [-0.3, -0.25) is 9.88 Å². The zero-order valence-corrected chi connectivity index (χ0v) is 11.4. The number of hydrogen-bond donors (Lipinski definition) is 1. The van der Waals surface area contributed by atoms with Gasteiger partial charge in [0.05, 0.1) is 11.4 Å². The molecule has 100 valence electrons. The van der Waals surface area contributed by atoms with Gasteiger partial charge in [0, 0.05) is 24.7 Å². The first kappa shape index (κ1) is 13.6. The van der Waals surface area contributed by atoms with E-state index in [0.29, 0.717) is 6.54 Å². The summed E-state index contributed by atoms with van der Waals surface area (Å²) in [5.41, 5.74) is 1.79. The van der Waals surface area contributed by atoms with E-state index in [1.165, 1.54) is 0 Å². The number of carboxylic acid groups (broad SMARTS) is 1. The summed E-state index contributed by atoms with van der Waals surface area (Å²) in [5.74, 6) is -0.968. The van der Waals surface area contributed by atoms with Crippen molar-refractivity contribution in [1.82, 2.24) is 14.9 Å². The Balaban J connectivity index is 2.00. The summed E-state index contributed by atoms with van der Waals surface area (Å²) in [4.78, 5) is 21.3. The predicted octanol–water partition coefficient (Wildman–Crippen LogP) is 2.26. The number of carboxylic acids is 1.